The highest BCUT2D eigenvalue weighted by molar-refractivity contribution is 6.04. The van der Waals surface area contributed by atoms with Gasteiger partial charge in [-0.25, -0.2) is 4.79 Å². The third-order valence-electron chi connectivity index (χ3n) is 6.87. The van der Waals surface area contributed by atoms with E-state index in [9.17, 15) is 9.90 Å². The van der Waals surface area contributed by atoms with Crippen molar-refractivity contribution < 1.29 is 9.90 Å². The van der Waals surface area contributed by atoms with Crippen LogP contribution in [0, 0.1) is 5.92 Å². The summed E-state index contributed by atoms with van der Waals surface area (Å²) in [6, 6.07) is 16.5. The molecule has 3 aliphatic rings. The molecule has 3 aromatic rings. The molecule has 0 aliphatic carbocycles. The fourth-order valence-electron chi connectivity index (χ4n) is 5.31. The molecule has 1 atom stereocenters. The number of hydrogen-bond donors (Lipinski definition) is 2. The Labute approximate surface area is 177 Å². The molecule has 3 saturated heterocycles. The summed E-state index contributed by atoms with van der Waals surface area (Å²) in [6.07, 6.45) is 5.60. The molecule has 3 fully saturated rings. The van der Waals surface area contributed by atoms with Crippen molar-refractivity contribution in [2.24, 2.45) is 5.92 Å². The van der Waals surface area contributed by atoms with Crippen molar-refractivity contribution in [2.45, 2.75) is 31.8 Å². The smallest absolute Gasteiger partial charge is 0.336 e. The highest BCUT2D eigenvalue weighted by atomic mass is 16.4. The van der Waals surface area contributed by atoms with Gasteiger partial charge < -0.3 is 19.9 Å². The molecular weight excluding hydrogens is 374 g/mol. The maximum atomic E-state index is 11.9. The number of aromatic carboxylic acids is 1. The van der Waals surface area contributed by atoms with Crippen molar-refractivity contribution in [3.8, 4) is 0 Å². The lowest BCUT2D eigenvalue weighted by Crippen LogP contribution is -2.56. The molecule has 30 heavy (non-hydrogen) atoms. The van der Waals surface area contributed by atoms with Crippen molar-refractivity contribution in [1.82, 2.24) is 14.8 Å². The van der Waals surface area contributed by atoms with Crippen molar-refractivity contribution >= 4 is 16.9 Å². The highest BCUT2D eigenvalue weighted by Gasteiger charge is 2.33. The number of carboxylic acid groups (broad SMARTS) is 1. The quantitative estimate of drug-likeness (QED) is 0.633. The Balaban J connectivity index is 1.39. The first kappa shape index (κ1) is 19.3. The van der Waals surface area contributed by atoms with Crippen LogP contribution in [-0.4, -0.2) is 52.8 Å². The molecule has 2 N–H and O–H groups in total. The van der Waals surface area contributed by atoms with E-state index in [1.165, 1.54) is 31.5 Å². The summed E-state index contributed by atoms with van der Waals surface area (Å²) in [4.78, 5) is 14.5. The molecule has 5 heteroatoms. The van der Waals surface area contributed by atoms with Crippen LogP contribution in [0.2, 0.25) is 0 Å². The predicted molar refractivity (Wildman–Crippen MR) is 119 cm³/mol. The Bertz CT molecular complexity index is 1040. The lowest BCUT2D eigenvalue weighted by Gasteiger charge is -2.45. The molecule has 4 heterocycles. The van der Waals surface area contributed by atoms with E-state index in [1.54, 1.807) is 6.07 Å². The summed E-state index contributed by atoms with van der Waals surface area (Å²) in [5, 5.41) is 14.4. The summed E-state index contributed by atoms with van der Waals surface area (Å²) in [5.41, 5.74) is 3.73. The molecule has 0 spiro atoms. The zero-order valence-electron chi connectivity index (χ0n) is 17.3. The Morgan fingerprint density at radius 3 is 2.57 bits per heavy atom. The molecule has 5 nitrogen and oxygen atoms in total. The molecule has 0 radical (unpaired) electrons. The third kappa shape index (κ3) is 3.75. The van der Waals surface area contributed by atoms with Gasteiger partial charge in [-0.15, -0.1) is 0 Å². The van der Waals surface area contributed by atoms with Crippen LogP contribution in [-0.2, 0) is 13.0 Å². The Morgan fingerprint density at radius 2 is 1.87 bits per heavy atom. The van der Waals surface area contributed by atoms with Crippen LogP contribution < -0.4 is 5.32 Å². The van der Waals surface area contributed by atoms with Crippen molar-refractivity contribution in [3.05, 3.63) is 71.4 Å². The summed E-state index contributed by atoms with van der Waals surface area (Å²) in [5.74, 6) is -0.0614. The van der Waals surface area contributed by atoms with E-state index in [4.69, 9.17) is 0 Å². The van der Waals surface area contributed by atoms with Gasteiger partial charge in [0.15, 0.2) is 0 Å². The zero-order chi connectivity index (χ0) is 20.5. The molecule has 3 aliphatic heterocycles. The average molecular weight is 404 g/mol. The van der Waals surface area contributed by atoms with Crippen molar-refractivity contribution in [1.29, 1.82) is 0 Å². The highest BCUT2D eigenvalue weighted by Crippen LogP contribution is 2.29. The van der Waals surface area contributed by atoms with Crippen LogP contribution >= 0.6 is 0 Å². The number of nitrogens with zero attached hydrogens (tertiary/aromatic N) is 2. The number of benzene rings is 2. The van der Waals surface area contributed by atoms with Crippen LogP contribution in [0.5, 0.6) is 0 Å². The van der Waals surface area contributed by atoms with Crippen molar-refractivity contribution in [2.75, 3.05) is 26.2 Å². The number of nitrogens with one attached hydrogen (secondary N) is 1. The van der Waals surface area contributed by atoms with Gasteiger partial charge in [0.25, 0.3) is 0 Å². The first-order valence-electron chi connectivity index (χ1n) is 11.0. The second kappa shape index (κ2) is 8.25. The summed E-state index contributed by atoms with van der Waals surface area (Å²) >= 11 is 0. The normalized spacial score (nSPS) is 23.1. The van der Waals surface area contributed by atoms with Crippen LogP contribution in [0.3, 0.4) is 0 Å². The number of hydrogen-bond acceptors (Lipinski definition) is 3. The van der Waals surface area contributed by atoms with Gasteiger partial charge in [-0.05, 0) is 68.1 Å². The van der Waals surface area contributed by atoms with Crippen LogP contribution in [0.15, 0.2) is 54.7 Å². The number of rotatable bonds is 7. The standard InChI is InChI=1S/C25H29N3O2/c29-25(30)21-7-4-8-23-24(21)20(16-28(23)15-18-5-2-1-3-6-18)9-12-26-22-17-27-13-10-19(22)11-14-27/h1-8,16,19,22,26H,9-15,17H2,(H,29,30)/t22-/m0/s1. The second-order valence-corrected chi connectivity index (χ2v) is 8.72. The fourth-order valence-corrected chi connectivity index (χ4v) is 5.31. The molecule has 0 unspecified atom stereocenters. The number of piperidine rings is 3. The van der Waals surface area contributed by atoms with Gasteiger partial charge >= 0.3 is 5.97 Å². The van der Waals surface area contributed by atoms with Crippen LogP contribution in [0.1, 0.15) is 34.3 Å². The predicted octanol–water partition coefficient (Wildman–Crippen LogP) is 3.61. The van der Waals surface area contributed by atoms with E-state index < -0.39 is 5.97 Å². The van der Waals surface area contributed by atoms with Gasteiger partial charge in [0.05, 0.1) is 5.56 Å². The van der Waals surface area contributed by atoms with E-state index in [0.717, 1.165) is 48.4 Å². The van der Waals surface area contributed by atoms with E-state index >= 15 is 0 Å². The number of carbonyl (C=O) groups is 1. The second-order valence-electron chi connectivity index (χ2n) is 8.72. The first-order chi connectivity index (χ1) is 14.7. The summed E-state index contributed by atoms with van der Waals surface area (Å²) in [7, 11) is 0. The Morgan fingerprint density at radius 1 is 1.07 bits per heavy atom. The van der Waals surface area contributed by atoms with Gasteiger partial charge in [0, 0.05) is 36.2 Å². The largest absolute Gasteiger partial charge is 0.478 e. The molecule has 1 aromatic heterocycles. The van der Waals surface area contributed by atoms with E-state index in [1.807, 2.05) is 30.3 Å². The number of carboxylic acids is 1. The third-order valence-corrected chi connectivity index (χ3v) is 6.87. The zero-order valence-corrected chi connectivity index (χ0v) is 17.3. The van der Waals surface area contributed by atoms with Gasteiger partial charge in [0.1, 0.15) is 0 Å². The maximum absolute atomic E-state index is 11.9. The van der Waals surface area contributed by atoms with E-state index in [0.29, 0.717) is 11.6 Å². The SMILES string of the molecule is O=C(O)c1cccc2c1c(CCN[C@H]1CN3CCC1CC3)cn2Cc1ccccc1. The fraction of sp³-hybridized carbons (Fsp3) is 0.400. The van der Waals surface area contributed by atoms with Crippen molar-refractivity contribution in [3.63, 3.8) is 0 Å². The number of aromatic nitrogens is 1. The number of fused-ring (bicyclic) bond motifs is 4. The maximum Gasteiger partial charge on any atom is 0.336 e. The van der Waals surface area contributed by atoms with E-state index in [-0.39, 0.29) is 0 Å². The first-order valence-corrected chi connectivity index (χ1v) is 11.0. The minimum absolute atomic E-state index is 0.400. The topological polar surface area (TPSA) is 57.5 Å². The molecular formula is C25H29N3O2. The van der Waals surface area contributed by atoms with Crippen LogP contribution in [0.25, 0.3) is 10.9 Å². The minimum Gasteiger partial charge on any atom is -0.478 e. The lowest BCUT2D eigenvalue weighted by molar-refractivity contribution is 0.0699. The Hall–Kier alpha value is -2.63. The summed E-state index contributed by atoms with van der Waals surface area (Å²) < 4.78 is 2.20. The van der Waals surface area contributed by atoms with E-state index in [2.05, 4.69) is 33.1 Å². The molecule has 2 aromatic carbocycles. The van der Waals surface area contributed by atoms with Gasteiger partial charge in [-0.2, -0.15) is 0 Å². The molecule has 0 amide bonds. The monoisotopic (exact) mass is 403 g/mol. The Kier molecular flexibility index (Phi) is 5.32. The molecule has 0 saturated carbocycles. The minimum atomic E-state index is -0.857. The lowest BCUT2D eigenvalue weighted by atomic mass is 9.84. The molecule has 156 valence electrons. The average Bonchev–Trinajstić information content (AvgIpc) is 3.13. The van der Waals surface area contributed by atoms with Crippen LogP contribution in [0.4, 0.5) is 0 Å². The summed E-state index contributed by atoms with van der Waals surface area (Å²) in [6.45, 7) is 5.28. The van der Waals surface area contributed by atoms with Gasteiger partial charge in [0.2, 0.25) is 0 Å². The molecule has 6 rings (SSSR count). The molecule has 2 bridgehead atoms. The van der Waals surface area contributed by atoms with Gasteiger partial charge in [-0.1, -0.05) is 36.4 Å². The van der Waals surface area contributed by atoms with Gasteiger partial charge in [-0.3, -0.25) is 0 Å².